The highest BCUT2D eigenvalue weighted by atomic mass is 16.5. The van der Waals surface area contributed by atoms with Crippen LogP contribution in [0.25, 0.3) is 0 Å². The molecule has 0 atom stereocenters. The first-order chi connectivity index (χ1) is 6.90. The second-order valence-corrected chi connectivity index (χ2v) is 3.55. The third-order valence-electron chi connectivity index (χ3n) is 2.43. The smallest absolute Gasteiger partial charge is 0.0725 e. The van der Waals surface area contributed by atoms with Crippen molar-refractivity contribution in [3.05, 3.63) is 29.3 Å². The van der Waals surface area contributed by atoms with E-state index in [2.05, 4.69) is 23.5 Å². The number of nitrogens with two attached hydrogens (primary N) is 1. The molecule has 0 amide bonds. The lowest BCUT2D eigenvalue weighted by atomic mass is 10.1. The molecule has 0 spiro atoms. The zero-order valence-corrected chi connectivity index (χ0v) is 8.25. The van der Waals surface area contributed by atoms with E-state index in [4.69, 9.17) is 10.5 Å². The molecule has 0 radical (unpaired) electrons. The van der Waals surface area contributed by atoms with Crippen LogP contribution < -0.4 is 11.1 Å². The zero-order chi connectivity index (χ0) is 9.80. The summed E-state index contributed by atoms with van der Waals surface area (Å²) in [5, 5.41) is 3.34. The van der Waals surface area contributed by atoms with E-state index in [9.17, 15) is 0 Å². The van der Waals surface area contributed by atoms with Crippen molar-refractivity contribution < 1.29 is 4.74 Å². The number of hydrogen-bond donors (Lipinski definition) is 2. The predicted octanol–water partition coefficient (Wildman–Crippen LogP) is 1.48. The summed E-state index contributed by atoms with van der Waals surface area (Å²) in [6.45, 7) is 3.19. The summed E-state index contributed by atoms with van der Waals surface area (Å²) in [6, 6.07) is 6.40. The van der Waals surface area contributed by atoms with Gasteiger partial charge in [0.15, 0.2) is 0 Å². The second kappa shape index (κ2) is 4.44. The van der Waals surface area contributed by atoms with Gasteiger partial charge in [-0.2, -0.15) is 0 Å². The van der Waals surface area contributed by atoms with Crippen LogP contribution in [0.1, 0.15) is 17.5 Å². The Hall–Kier alpha value is -1.06. The Labute approximate surface area is 84.3 Å². The fraction of sp³-hybridized carbons (Fsp3) is 0.455. The van der Waals surface area contributed by atoms with Gasteiger partial charge in [0.25, 0.3) is 0 Å². The third kappa shape index (κ3) is 2.05. The minimum absolute atomic E-state index is 0.737. The van der Waals surface area contributed by atoms with Gasteiger partial charge in [-0.3, -0.25) is 0 Å². The van der Waals surface area contributed by atoms with Gasteiger partial charge < -0.3 is 15.8 Å². The Balaban J connectivity index is 1.98. The maximum Gasteiger partial charge on any atom is 0.0725 e. The minimum atomic E-state index is 0.737. The molecule has 1 aliphatic rings. The van der Waals surface area contributed by atoms with Gasteiger partial charge in [0.1, 0.15) is 0 Å². The molecule has 3 N–H and O–H groups in total. The van der Waals surface area contributed by atoms with Crippen molar-refractivity contribution in [2.75, 3.05) is 18.4 Å². The lowest BCUT2D eigenvalue weighted by molar-refractivity contribution is 0.134. The molecule has 2 rings (SSSR count). The molecule has 0 fully saturated rings. The summed E-state index contributed by atoms with van der Waals surface area (Å²) >= 11 is 0. The molecule has 0 bridgehead atoms. The van der Waals surface area contributed by atoms with Gasteiger partial charge in [0.05, 0.1) is 13.2 Å². The van der Waals surface area contributed by atoms with Crippen molar-refractivity contribution >= 4 is 5.69 Å². The maximum atomic E-state index is 5.42. The molecule has 0 aromatic heterocycles. The van der Waals surface area contributed by atoms with E-state index in [1.54, 1.807) is 0 Å². The molecule has 3 nitrogen and oxygen atoms in total. The van der Waals surface area contributed by atoms with E-state index in [-0.39, 0.29) is 0 Å². The van der Waals surface area contributed by atoms with E-state index >= 15 is 0 Å². The number of nitrogens with one attached hydrogen (secondary N) is 1. The van der Waals surface area contributed by atoms with Gasteiger partial charge in [-0.1, -0.05) is 6.07 Å². The van der Waals surface area contributed by atoms with Crippen LogP contribution in [0.5, 0.6) is 0 Å². The van der Waals surface area contributed by atoms with E-state index in [0.717, 1.165) is 32.7 Å². The predicted molar refractivity (Wildman–Crippen MR) is 57.1 cm³/mol. The summed E-state index contributed by atoms with van der Waals surface area (Å²) in [6.07, 6.45) is 1.01. The molecular weight excluding hydrogens is 176 g/mol. The second-order valence-electron chi connectivity index (χ2n) is 3.55. The van der Waals surface area contributed by atoms with Crippen molar-refractivity contribution in [1.29, 1.82) is 0 Å². The molecule has 0 saturated heterocycles. The average Bonchev–Trinajstić information content (AvgIpc) is 2.65. The molecule has 1 aromatic carbocycles. The first-order valence-electron chi connectivity index (χ1n) is 5.03. The van der Waals surface area contributed by atoms with Crippen LogP contribution in [0.4, 0.5) is 5.69 Å². The summed E-state index contributed by atoms with van der Waals surface area (Å²) in [5.41, 5.74) is 9.21. The van der Waals surface area contributed by atoms with Gasteiger partial charge in [-0.05, 0) is 36.2 Å². The molecule has 1 aliphatic heterocycles. The Bertz CT molecular complexity index is 312. The van der Waals surface area contributed by atoms with Crippen molar-refractivity contribution in [3.8, 4) is 0 Å². The van der Waals surface area contributed by atoms with Crippen LogP contribution in [0.2, 0.25) is 0 Å². The number of hydrogen-bond acceptors (Lipinski definition) is 3. The van der Waals surface area contributed by atoms with Gasteiger partial charge in [-0.25, -0.2) is 0 Å². The first kappa shape index (κ1) is 9.49. The summed E-state index contributed by atoms with van der Waals surface area (Å²) < 4.78 is 5.35. The normalized spacial score (nSPS) is 14.1. The molecule has 14 heavy (non-hydrogen) atoms. The summed E-state index contributed by atoms with van der Waals surface area (Å²) in [5.74, 6) is 0. The first-order valence-corrected chi connectivity index (χ1v) is 5.03. The molecule has 1 aromatic rings. The third-order valence-corrected chi connectivity index (χ3v) is 2.43. The largest absolute Gasteiger partial charge is 0.385 e. The van der Waals surface area contributed by atoms with Crippen LogP contribution >= 0.6 is 0 Å². The number of fused-ring (bicyclic) bond motifs is 1. The molecule has 3 heteroatoms. The number of anilines is 1. The number of rotatable bonds is 4. The van der Waals surface area contributed by atoms with Gasteiger partial charge in [0, 0.05) is 12.2 Å². The monoisotopic (exact) mass is 192 g/mol. The standard InChI is InChI=1S/C11H16N2O/c12-4-1-5-13-11-3-2-9-7-14-8-10(9)6-11/h2-3,6,13H,1,4-5,7-8,12H2. The van der Waals surface area contributed by atoms with Gasteiger partial charge in [-0.15, -0.1) is 0 Å². The number of benzene rings is 1. The van der Waals surface area contributed by atoms with Crippen molar-refractivity contribution in [2.24, 2.45) is 5.73 Å². The molecular formula is C11H16N2O. The highest BCUT2D eigenvalue weighted by Gasteiger charge is 2.10. The van der Waals surface area contributed by atoms with Crippen LogP contribution in [0.3, 0.4) is 0 Å². The van der Waals surface area contributed by atoms with Crippen molar-refractivity contribution in [3.63, 3.8) is 0 Å². The fourth-order valence-corrected chi connectivity index (χ4v) is 1.62. The molecule has 0 aliphatic carbocycles. The molecule has 0 unspecified atom stereocenters. The Kier molecular flexibility index (Phi) is 3.01. The van der Waals surface area contributed by atoms with E-state index in [1.165, 1.54) is 16.8 Å². The van der Waals surface area contributed by atoms with Crippen LogP contribution in [0.15, 0.2) is 18.2 Å². The fourth-order valence-electron chi connectivity index (χ4n) is 1.62. The van der Waals surface area contributed by atoms with Crippen molar-refractivity contribution in [2.45, 2.75) is 19.6 Å². The maximum absolute atomic E-state index is 5.42. The quantitative estimate of drug-likeness (QED) is 0.710. The Morgan fingerprint density at radius 2 is 2.14 bits per heavy atom. The van der Waals surface area contributed by atoms with Crippen LogP contribution in [-0.2, 0) is 18.0 Å². The molecule has 1 heterocycles. The SMILES string of the molecule is NCCCNc1ccc2c(c1)COC2. The van der Waals surface area contributed by atoms with E-state index in [0.29, 0.717) is 0 Å². The lowest BCUT2D eigenvalue weighted by Gasteiger charge is -2.06. The Morgan fingerprint density at radius 1 is 1.29 bits per heavy atom. The number of ether oxygens (including phenoxy) is 1. The van der Waals surface area contributed by atoms with Crippen LogP contribution in [-0.4, -0.2) is 13.1 Å². The van der Waals surface area contributed by atoms with Gasteiger partial charge in [0.2, 0.25) is 0 Å². The summed E-state index contributed by atoms with van der Waals surface area (Å²) in [7, 11) is 0. The minimum Gasteiger partial charge on any atom is -0.385 e. The van der Waals surface area contributed by atoms with E-state index in [1.807, 2.05) is 0 Å². The topological polar surface area (TPSA) is 47.3 Å². The van der Waals surface area contributed by atoms with Crippen LogP contribution in [0, 0.1) is 0 Å². The zero-order valence-electron chi connectivity index (χ0n) is 8.25. The Morgan fingerprint density at radius 3 is 3.00 bits per heavy atom. The molecule has 76 valence electrons. The molecule has 0 saturated carbocycles. The van der Waals surface area contributed by atoms with Crippen molar-refractivity contribution in [1.82, 2.24) is 0 Å². The average molecular weight is 192 g/mol. The summed E-state index contributed by atoms with van der Waals surface area (Å²) in [4.78, 5) is 0. The van der Waals surface area contributed by atoms with Gasteiger partial charge >= 0.3 is 0 Å². The highest BCUT2D eigenvalue weighted by Crippen LogP contribution is 2.22. The lowest BCUT2D eigenvalue weighted by Crippen LogP contribution is -2.08. The van der Waals surface area contributed by atoms with E-state index < -0.39 is 0 Å². The highest BCUT2D eigenvalue weighted by molar-refractivity contribution is 5.49.